The SMILES string of the molecule is C#CC(C)c1c([N+](=O)[O-])cnn1C. The van der Waals surface area contributed by atoms with Crippen molar-refractivity contribution in [2.24, 2.45) is 7.05 Å². The van der Waals surface area contributed by atoms with Crippen LogP contribution in [0, 0.1) is 22.5 Å². The molecule has 0 aliphatic rings. The van der Waals surface area contributed by atoms with Gasteiger partial charge in [0, 0.05) is 7.05 Å². The van der Waals surface area contributed by atoms with Crippen molar-refractivity contribution in [1.29, 1.82) is 0 Å². The number of hydrogen-bond acceptors (Lipinski definition) is 3. The van der Waals surface area contributed by atoms with Gasteiger partial charge in [0.05, 0.1) is 10.8 Å². The summed E-state index contributed by atoms with van der Waals surface area (Å²) in [4.78, 5) is 10.1. The summed E-state index contributed by atoms with van der Waals surface area (Å²) in [6, 6.07) is 0. The van der Waals surface area contributed by atoms with Crippen LogP contribution in [0.15, 0.2) is 6.20 Å². The van der Waals surface area contributed by atoms with E-state index in [1.165, 1.54) is 10.9 Å². The molecular formula is C8H9N3O2. The third kappa shape index (κ3) is 1.51. The lowest BCUT2D eigenvalue weighted by atomic mass is 10.1. The molecule has 0 saturated heterocycles. The number of nitrogens with zero attached hydrogens (tertiary/aromatic N) is 3. The van der Waals surface area contributed by atoms with Crippen LogP contribution in [-0.4, -0.2) is 14.7 Å². The summed E-state index contributed by atoms with van der Waals surface area (Å²) in [5.41, 5.74) is 0.445. The van der Waals surface area contributed by atoms with E-state index in [4.69, 9.17) is 6.42 Å². The fraction of sp³-hybridized carbons (Fsp3) is 0.375. The summed E-state index contributed by atoms with van der Waals surface area (Å²) in [6.45, 7) is 1.73. The summed E-state index contributed by atoms with van der Waals surface area (Å²) in [6.07, 6.45) is 6.40. The maximum absolute atomic E-state index is 10.5. The Balaban J connectivity index is 3.25. The molecule has 0 saturated carbocycles. The van der Waals surface area contributed by atoms with Crippen molar-refractivity contribution in [1.82, 2.24) is 9.78 Å². The monoisotopic (exact) mass is 179 g/mol. The molecule has 1 aromatic heterocycles. The smallest absolute Gasteiger partial charge is 0.264 e. The first-order valence-corrected chi connectivity index (χ1v) is 3.70. The van der Waals surface area contributed by atoms with Gasteiger partial charge in [0.2, 0.25) is 0 Å². The summed E-state index contributed by atoms with van der Waals surface area (Å²) >= 11 is 0. The van der Waals surface area contributed by atoms with Crippen molar-refractivity contribution in [3.8, 4) is 12.3 Å². The van der Waals surface area contributed by atoms with Crippen LogP contribution in [0.25, 0.3) is 0 Å². The highest BCUT2D eigenvalue weighted by Crippen LogP contribution is 2.24. The van der Waals surface area contributed by atoms with E-state index >= 15 is 0 Å². The molecule has 0 radical (unpaired) electrons. The summed E-state index contributed by atoms with van der Waals surface area (Å²) < 4.78 is 1.43. The zero-order chi connectivity index (χ0) is 10.0. The number of hydrogen-bond donors (Lipinski definition) is 0. The molecule has 0 aromatic carbocycles. The Morgan fingerprint density at radius 3 is 2.92 bits per heavy atom. The van der Waals surface area contributed by atoms with Gasteiger partial charge in [0.25, 0.3) is 0 Å². The molecule has 0 aliphatic carbocycles. The number of nitro groups is 1. The first-order valence-electron chi connectivity index (χ1n) is 3.70. The molecule has 1 aromatic rings. The molecule has 0 spiro atoms. The molecule has 5 heteroatoms. The zero-order valence-electron chi connectivity index (χ0n) is 7.39. The van der Waals surface area contributed by atoms with Crippen LogP contribution >= 0.6 is 0 Å². The zero-order valence-corrected chi connectivity index (χ0v) is 7.39. The van der Waals surface area contributed by atoms with E-state index in [9.17, 15) is 10.1 Å². The minimum Gasteiger partial charge on any atom is -0.264 e. The largest absolute Gasteiger partial charge is 0.311 e. The lowest BCUT2D eigenvalue weighted by Gasteiger charge is -2.02. The van der Waals surface area contributed by atoms with Crippen molar-refractivity contribution in [2.45, 2.75) is 12.8 Å². The molecular weight excluding hydrogens is 170 g/mol. The first kappa shape index (κ1) is 9.26. The Morgan fingerprint density at radius 1 is 1.85 bits per heavy atom. The predicted octanol–water partition coefficient (Wildman–Crippen LogP) is 1.06. The quantitative estimate of drug-likeness (QED) is 0.387. The van der Waals surface area contributed by atoms with E-state index in [1.54, 1.807) is 14.0 Å². The van der Waals surface area contributed by atoms with E-state index < -0.39 is 4.92 Å². The molecule has 1 rings (SSSR count). The number of rotatable bonds is 2. The van der Waals surface area contributed by atoms with Crippen LogP contribution in [0.5, 0.6) is 0 Å². The molecule has 1 unspecified atom stereocenters. The van der Waals surface area contributed by atoms with E-state index in [2.05, 4.69) is 11.0 Å². The van der Waals surface area contributed by atoms with Crippen molar-refractivity contribution in [3.63, 3.8) is 0 Å². The third-order valence-electron chi connectivity index (χ3n) is 1.82. The molecule has 0 fully saturated rings. The Morgan fingerprint density at radius 2 is 2.46 bits per heavy atom. The highest BCUT2D eigenvalue weighted by atomic mass is 16.6. The normalized spacial score (nSPS) is 12.1. The average molecular weight is 179 g/mol. The highest BCUT2D eigenvalue weighted by Gasteiger charge is 2.22. The van der Waals surface area contributed by atoms with Gasteiger partial charge in [-0.3, -0.25) is 14.8 Å². The van der Waals surface area contributed by atoms with Gasteiger partial charge in [0.15, 0.2) is 0 Å². The second kappa shape index (κ2) is 3.27. The number of aryl methyl sites for hydroxylation is 1. The minimum absolute atomic E-state index is 0.0204. The summed E-state index contributed by atoms with van der Waals surface area (Å²) in [7, 11) is 1.64. The first-order chi connectivity index (χ1) is 6.07. The maximum Gasteiger partial charge on any atom is 0.311 e. The topological polar surface area (TPSA) is 61.0 Å². The second-order valence-electron chi connectivity index (χ2n) is 2.68. The van der Waals surface area contributed by atoms with E-state index in [0.29, 0.717) is 5.69 Å². The van der Waals surface area contributed by atoms with Crippen molar-refractivity contribution < 1.29 is 4.92 Å². The summed E-state index contributed by atoms with van der Waals surface area (Å²) in [5, 5.41) is 14.3. The number of aromatic nitrogens is 2. The van der Waals surface area contributed by atoms with Crippen molar-refractivity contribution in [2.75, 3.05) is 0 Å². The lowest BCUT2D eigenvalue weighted by Crippen LogP contribution is -2.03. The molecule has 0 bridgehead atoms. The van der Waals surface area contributed by atoms with Crippen molar-refractivity contribution >= 4 is 5.69 Å². The van der Waals surface area contributed by atoms with Crippen LogP contribution < -0.4 is 0 Å². The van der Waals surface area contributed by atoms with E-state index in [-0.39, 0.29) is 11.6 Å². The van der Waals surface area contributed by atoms with Crippen molar-refractivity contribution in [3.05, 3.63) is 22.0 Å². The third-order valence-corrected chi connectivity index (χ3v) is 1.82. The van der Waals surface area contributed by atoms with Gasteiger partial charge < -0.3 is 0 Å². The van der Waals surface area contributed by atoms with Gasteiger partial charge in [-0.2, -0.15) is 5.10 Å². The molecule has 0 amide bonds. The van der Waals surface area contributed by atoms with E-state index in [1.807, 2.05) is 0 Å². The van der Waals surface area contributed by atoms with Gasteiger partial charge in [0.1, 0.15) is 11.9 Å². The Hall–Kier alpha value is -1.83. The Labute approximate surface area is 75.5 Å². The molecule has 13 heavy (non-hydrogen) atoms. The second-order valence-corrected chi connectivity index (χ2v) is 2.68. The lowest BCUT2D eigenvalue weighted by molar-refractivity contribution is -0.385. The Kier molecular flexibility index (Phi) is 2.33. The molecule has 0 N–H and O–H groups in total. The molecule has 1 heterocycles. The van der Waals surface area contributed by atoms with Crippen LogP contribution in [0.2, 0.25) is 0 Å². The number of terminal acetylenes is 1. The van der Waals surface area contributed by atoms with Gasteiger partial charge in [-0.05, 0) is 6.92 Å². The van der Waals surface area contributed by atoms with Gasteiger partial charge in [-0.1, -0.05) is 5.92 Å². The fourth-order valence-corrected chi connectivity index (χ4v) is 1.16. The molecule has 5 nitrogen and oxygen atoms in total. The summed E-state index contributed by atoms with van der Waals surface area (Å²) in [5.74, 6) is 2.14. The standard InChI is InChI=1S/C8H9N3O2/c1-4-6(2)8-7(11(12)13)5-9-10(8)3/h1,5-6H,2-3H3. The molecule has 0 aliphatic heterocycles. The molecule has 68 valence electrons. The van der Waals surface area contributed by atoms with Crippen LogP contribution in [-0.2, 0) is 7.05 Å². The van der Waals surface area contributed by atoms with Crippen LogP contribution in [0.1, 0.15) is 18.5 Å². The van der Waals surface area contributed by atoms with E-state index in [0.717, 1.165) is 0 Å². The van der Waals surface area contributed by atoms with Gasteiger partial charge in [-0.25, -0.2) is 0 Å². The van der Waals surface area contributed by atoms with Crippen LogP contribution in [0.4, 0.5) is 5.69 Å². The Bertz CT molecular complexity index is 375. The molecule has 1 atom stereocenters. The highest BCUT2D eigenvalue weighted by molar-refractivity contribution is 5.38. The average Bonchev–Trinajstić information content (AvgIpc) is 2.46. The van der Waals surface area contributed by atoms with Crippen LogP contribution in [0.3, 0.4) is 0 Å². The fourth-order valence-electron chi connectivity index (χ4n) is 1.16. The maximum atomic E-state index is 10.5. The van der Waals surface area contributed by atoms with Gasteiger partial charge in [-0.15, -0.1) is 6.42 Å². The predicted molar refractivity (Wildman–Crippen MR) is 47.1 cm³/mol. The van der Waals surface area contributed by atoms with Gasteiger partial charge >= 0.3 is 5.69 Å². The minimum atomic E-state index is -0.476.